The summed E-state index contributed by atoms with van der Waals surface area (Å²) in [4.78, 5) is 21.9. The van der Waals surface area contributed by atoms with E-state index in [1.165, 1.54) is 24.3 Å². The highest BCUT2D eigenvalue weighted by Gasteiger charge is 2.14. The maximum atomic E-state index is 12.3. The fraction of sp³-hybridized carbons (Fsp3) is 0.125. The van der Waals surface area contributed by atoms with Gasteiger partial charge >= 0.3 is 5.97 Å². The molecule has 0 aliphatic heterocycles. The van der Waals surface area contributed by atoms with Crippen molar-refractivity contribution in [3.63, 3.8) is 0 Å². The zero-order valence-corrected chi connectivity index (χ0v) is 13.8. The first kappa shape index (κ1) is 18.4. The smallest absolute Gasteiger partial charge is 0.329 e. The number of carboxylic acid groups (broad SMARTS) is 1. The van der Waals surface area contributed by atoms with Gasteiger partial charge in [-0.2, -0.15) is 0 Å². The van der Waals surface area contributed by atoms with Gasteiger partial charge in [-0.1, -0.05) is 18.2 Å². The minimum absolute atomic E-state index is 0.0384. The zero-order chi connectivity index (χ0) is 18.3. The van der Waals surface area contributed by atoms with Crippen LogP contribution in [0.3, 0.4) is 0 Å². The van der Waals surface area contributed by atoms with E-state index in [0.29, 0.717) is 11.4 Å². The molecule has 2 aromatic carbocycles. The number of carbonyl (C=O) groups excluding carboxylic acids is 1. The molecule has 0 saturated heterocycles. The Labute approximate surface area is 144 Å². The number of rotatable bonds is 8. The van der Waals surface area contributed by atoms with Crippen molar-refractivity contribution in [3.05, 3.63) is 54.6 Å². The molecule has 2 aromatic rings. The van der Waals surface area contributed by atoms with Crippen molar-refractivity contribution in [2.24, 2.45) is 0 Å². The molecule has 0 aliphatic rings. The van der Waals surface area contributed by atoms with Gasteiger partial charge in [-0.05, 0) is 36.4 Å². The predicted molar refractivity (Wildman–Crippen MR) is 90.8 cm³/mol. The molecule has 9 heteroatoms. The molecule has 132 valence electrons. The van der Waals surface area contributed by atoms with Crippen LogP contribution in [0.4, 0.5) is 11.4 Å². The van der Waals surface area contributed by atoms with E-state index in [9.17, 15) is 18.0 Å². The summed E-state index contributed by atoms with van der Waals surface area (Å²) in [6.07, 6.45) is 0. The summed E-state index contributed by atoms with van der Waals surface area (Å²) in [5, 5.41) is 10.9. The number of carbonyl (C=O) groups is 2. The molecule has 0 fully saturated rings. The lowest BCUT2D eigenvalue weighted by atomic mass is 10.3. The first-order valence-electron chi connectivity index (χ1n) is 7.14. The molecule has 0 saturated carbocycles. The predicted octanol–water partition coefficient (Wildman–Crippen LogP) is 1.53. The molecule has 8 nitrogen and oxygen atoms in total. The van der Waals surface area contributed by atoms with Crippen LogP contribution in [0.15, 0.2) is 59.5 Å². The highest BCUT2D eigenvalue weighted by Crippen LogP contribution is 2.18. The van der Waals surface area contributed by atoms with Gasteiger partial charge in [0, 0.05) is 11.4 Å². The lowest BCUT2D eigenvalue weighted by molar-refractivity contribution is -0.143. The normalized spacial score (nSPS) is 10.9. The molecular formula is C16H16N2O6S. The SMILES string of the molecule is O=C(O)COCC(=O)Nc1ccc(S(=O)(=O)Nc2ccccc2)cc1. The van der Waals surface area contributed by atoms with E-state index in [0.717, 1.165) is 0 Å². The van der Waals surface area contributed by atoms with E-state index in [2.05, 4.69) is 14.8 Å². The third kappa shape index (κ3) is 5.90. The number of hydrogen-bond acceptors (Lipinski definition) is 5. The maximum absolute atomic E-state index is 12.3. The first-order valence-corrected chi connectivity index (χ1v) is 8.62. The number of anilines is 2. The van der Waals surface area contributed by atoms with Crippen molar-refractivity contribution < 1.29 is 27.9 Å². The van der Waals surface area contributed by atoms with E-state index in [1.54, 1.807) is 30.3 Å². The fourth-order valence-electron chi connectivity index (χ4n) is 1.87. The third-order valence-electron chi connectivity index (χ3n) is 2.93. The molecule has 1 amide bonds. The molecular weight excluding hydrogens is 348 g/mol. The molecule has 3 N–H and O–H groups in total. The number of nitrogens with one attached hydrogen (secondary N) is 2. The van der Waals surface area contributed by atoms with Crippen LogP contribution in [-0.4, -0.2) is 38.6 Å². The van der Waals surface area contributed by atoms with Gasteiger partial charge in [0.15, 0.2) is 0 Å². The van der Waals surface area contributed by atoms with Crippen molar-refractivity contribution in [1.29, 1.82) is 0 Å². The van der Waals surface area contributed by atoms with E-state index < -0.39 is 35.1 Å². The van der Waals surface area contributed by atoms with Crippen LogP contribution in [-0.2, 0) is 24.3 Å². The van der Waals surface area contributed by atoms with Gasteiger partial charge in [0.25, 0.3) is 10.0 Å². The Morgan fingerprint density at radius 3 is 2.16 bits per heavy atom. The molecule has 0 bridgehead atoms. The molecule has 0 unspecified atom stereocenters. The highest BCUT2D eigenvalue weighted by molar-refractivity contribution is 7.92. The van der Waals surface area contributed by atoms with Gasteiger partial charge in [0.05, 0.1) is 4.90 Å². The van der Waals surface area contributed by atoms with Gasteiger partial charge in [-0.25, -0.2) is 13.2 Å². The largest absolute Gasteiger partial charge is 0.480 e. The summed E-state index contributed by atoms with van der Waals surface area (Å²) in [6, 6.07) is 14.0. The van der Waals surface area contributed by atoms with Crippen molar-refractivity contribution >= 4 is 33.3 Å². The second-order valence-electron chi connectivity index (χ2n) is 4.93. The number of benzene rings is 2. The number of hydrogen-bond donors (Lipinski definition) is 3. The van der Waals surface area contributed by atoms with Crippen molar-refractivity contribution in [3.8, 4) is 0 Å². The molecule has 0 radical (unpaired) electrons. The van der Waals surface area contributed by atoms with E-state index >= 15 is 0 Å². The minimum Gasteiger partial charge on any atom is -0.480 e. The van der Waals surface area contributed by atoms with Crippen LogP contribution in [0.1, 0.15) is 0 Å². The molecule has 0 aromatic heterocycles. The number of carboxylic acids is 1. The second kappa shape index (κ2) is 8.27. The second-order valence-corrected chi connectivity index (χ2v) is 6.61. The van der Waals surface area contributed by atoms with Crippen LogP contribution in [0.5, 0.6) is 0 Å². The van der Waals surface area contributed by atoms with Crippen LogP contribution in [0.25, 0.3) is 0 Å². The van der Waals surface area contributed by atoms with E-state index in [-0.39, 0.29) is 4.90 Å². The zero-order valence-electron chi connectivity index (χ0n) is 13.0. The van der Waals surface area contributed by atoms with Gasteiger partial charge in [0.2, 0.25) is 5.91 Å². The lowest BCUT2D eigenvalue weighted by Crippen LogP contribution is -2.20. The monoisotopic (exact) mass is 364 g/mol. The third-order valence-corrected chi connectivity index (χ3v) is 4.33. The number of sulfonamides is 1. The summed E-state index contributed by atoms with van der Waals surface area (Å²) in [6.45, 7) is -0.988. The first-order chi connectivity index (χ1) is 11.9. The van der Waals surface area contributed by atoms with Crippen molar-refractivity contribution in [2.45, 2.75) is 4.90 Å². The minimum atomic E-state index is -3.73. The van der Waals surface area contributed by atoms with Crippen LogP contribution in [0.2, 0.25) is 0 Å². The van der Waals surface area contributed by atoms with Gasteiger partial charge in [-0.15, -0.1) is 0 Å². The average molecular weight is 364 g/mol. The summed E-state index contributed by atoms with van der Waals surface area (Å²) < 4.78 is 31.6. The van der Waals surface area contributed by atoms with Gasteiger partial charge < -0.3 is 15.2 Å². The highest BCUT2D eigenvalue weighted by atomic mass is 32.2. The molecule has 0 aliphatic carbocycles. The Morgan fingerprint density at radius 2 is 1.56 bits per heavy atom. The summed E-state index contributed by atoms with van der Waals surface area (Å²) in [5.74, 6) is -1.72. The summed E-state index contributed by atoms with van der Waals surface area (Å²) in [5.41, 5.74) is 0.804. The number of aliphatic carboxylic acids is 1. The van der Waals surface area contributed by atoms with Gasteiger partial charge in [0.1, 0.15) is 13.2 Å². The molecule has 0 heterocycles. The molecule has 2 rings (SSSR count). The van der Waals surface area contributed by atoms with Crippen LogP contribution >= 0.6 is 0 Å². The Bertz CT molecular complexity index is 835. The standard InChI is InChI=1S/C16H16N2O6S/c19-15(10-24-11-16(20)21)17-12-6-8-14(9-7-12)25(22,23)18-13-4-2-1-3-5-13/h1-9,18H,10-11H2,(H,17,19)(H,20,21). The number of amides is 1. The lowest BCUT2D eigenvalue weighted by Gasteiger charge is -2.09. The van der Waals surface area contributed by atoms with E-state index in [4.69, 9.17) is 5.11 Å². The molecule has 25 heavy (non-hydrogen) atoms. The van der Waals surface area contributed by atoms with E-state index in [1.807, 2.05) is 0 Å². The number of para-hydroxylation sites is 1. The topological polar surface area (TPSA) is 122 Å². The molecule has 0 spiro atoms. The Kier molecular flexibility index (Phi) is 6.09. The van der Waals surface area contributed by atoms with Crippen LogP contribution in [0, 0.1) is 0 Å². The van der Waals surface area contributed by atoms with Crippen molar-refractivity contribution in [2.75, 3.05) is 23.3 Å². The Balaban J connectivity index is 1.97. The van der Waals surface area contributed by atoms with Crippen molar-refractivity contribution in [1.82, 2.24) is 0 Å². The summed E-state index contributed by atoms with van der Waals surface area (Å²) >= 11 is 0. The average Bonchev–Trinajstić information content (AvgIpc) is 2.55. The quantitative estimate of drug-likeness (QED) is 0.653. The Morgan fingerprint density at radius 1 is 0.920 bits per heavy atom. The van der Waals surface area contributed by atoms with Crippen LogP contribution < -0.4 is 10.0 Å². The number of ether oxygens (including phenoxy) is 1. The maximum Gasteiger partial charge on any atom is 0.329 e. The Hall–Kier alpha value is -2.91. The van der Waals surface area contributed by atoms with Gasteiger partial charge in [-0.3, -0.25) is 9.52 Å². The summed E-state index contributed by atoms with van der Waals surface area (Å²) in [7, 11) is -3.73. The molecule has 0 atom stereocenters. The fourth-order valence-corrected chi connectivity index (χ4v) is 2.92.